The van der Waals surface area contributed by atoms with Crippen LogP contribution in [0.4, 0.5) is 0 Å². The van der Waals surface area contributed by atoms with E-state index in [1.165, 1.54) is 0 Å². The molecule has 0 unspecified atom stereocenters. The molecule has 4 heteroatoms. The van der Waals surface area contributed by atoms with E-state index in [1.54, 1.807) is 0 Å². The van der Waals surface area contributed by atoms with E-state index in [2.05, 4.69) is 26.6 Å². The Morgan fingerprint density at radius 2 is 1.76 bits per heavy atom. The van der Waals surface area contributed by atoms with Crippen molar-refractivity contribution in [2.45, 2.75) is 19.5 Å². The lowest BCUT2D eigenvalue weighted by Crippen LogP contribution is -2.34. The summed E-state index contributed by atoms with van der Waals surface area (Å²) in [6.45, 7) is 2.92. The molecule has 2 aromatic carbocycles. The van der Waals surface area contributed by atoms with Crippen LogP contribution in [0.5, 0.6) is 0 Å². The Kier molecular flexibility index (Phi) is 5.96. The van der Waals surface area contributed by atoms with E-state index in [-0.39, 0.29) is 11.9 Å². The van der Waals surface area contributed by atoms with Gasteiger partial charge in [-0.2, -0.15) is 0 Å². The van der Waals surface area contributed by atoms with Crippen molar-refractivity contribution in [3.8, 4) is 0 Å². The Morgan fingerprint density at radius 1 is 1.10 bits per heavy atom. The van der Waals surface area contributed by atoms with Crippen molar-refractivity contribution in [3.05, 3.63) is 70.2 Å². The maximum Gasteiger partial charge on any atom is 0.234 e. The quantitative estimate of drug-likeness (QED) is 0.841. The van der Waals surface area contributed by atoms with E-state index < -0.39 is 0 Å². The van der Waals surface area contributed by atoms with Gasteiger partial charge in [-0.1, -0.05) is 58.4 Å². The molecule has 0 spiro atoms. The zero-order valence-electron chi connectivity index (χ0n) is 12.0. The zero-order valence-corrected chi connectivity index (χ0v) is 13.6. The van der Waals surface area contributed by atoms with E-state index >= 15 is 0 Å². The normalized spacial score (nSPS) is 11.9. The zero-order chi connectivity index (χ0) is 15.1. The molecule has 21 heavy (non-hydrogen) atoms. The fourth-order valence-electron chi connectivity index (χ4n) is 1.97. The molecular weight excluding hydrogens is 328 g/mol. The topological polar surface area (TPSA) is 41.1 Å². The Bertz CT molecular complexity index is 569. The second-order valence-corrected chi connectivity index (χ2v) is 5.83. The monoisotopic (exact) mass is 346 g/mol. The van der Waals surface area contributed by atoms with E-state index in [4.69, 9.17) is 0 Å². The second-order valence-electron chi connectivity index (χ2n) is 4.92. The van der Waals surface area contributed by atoms with Gasteiger partial charge in [0.25, 0.3) is 0 Å². The van der Waals surface area contributed by atoms with Crippen LogP contribution in [-0.4, -0.2) is 12.5 Å². The number of hydrogen-bond acceptors (Lipinski definition) is 2. The maximum absolute atomic E-state index is 11.8. The van der Waals surface area contributed by atoms with Crippen molar-refractivity contribution in [1.29, 1.82) is 0 Å². The number of amides is 1. The van der Waals surface area contributed by atoms with Gasteiger partial charge in [0.05, 0.1) is 6.54 Å². The minimum Gasteiger partial charge on any atom is -0.351 e. The molecule has 2 N–H and O–H groups in total. The van der Waals surface area contributed by atoms with Crippen molar-refractivity contribution in [2.75, 3.05) is 6.54 Å². The molecule has 0 aliphatic rings. The number of hydrogen-bond donors (Lipinski definition) is 2. The summed E-state index contributed by atoms with van der Waals surface area (Å²) in [7, 11) is 0. The lowest BCUT2D eigenvalue weighted by atomic mass is 10.1. The molecule has 0 aliphatic heterocycles. The molecule has 1 atom stereocenters. The number of halogens is 1. The van der Waals surface area contributed by atoms with Crippen molar-refractivity contribution >= 4 is 21.8 Å². The minimum atomic E-state index is 0.00261. The van der Waals surface area contributed by atoms with Crippen LogP contribution in [0.1, 0.15) is 24.1 Å². The third-order valence-corrected chi connectivity index (χ3v) is 3.80. The molecule has 0 saturated heterocycles. The Balaban J connectivity index is 1.74. The average molecular weight is 347 g/mol. The first kappa shape index (κ1) is 15.7. The highest BCUT2D eigenvalue weighted by Gasteiger charge is 2.07. The van der Waals surface area contributed by atoms with Gasteiger partial charge in [0, 0.05) is 17.1 Å². The summed E-state index contributed by atoms with van der Waals surface area (Å²) in [5.74, 6) is 0.00261. The summed E-state index contributed by atoms with van der Waals surface area (Å²) in [5.41, 5.74) is 2.26. The predicted molar refractivity (Wildman–Crippen MR) is 88.8 cm³/mol. The van der Waals surface area contributed by atoms with Gasteiger partial charge in [-0.15, -0.1) is 0 Å². The highest BCUT2D eigenvalue weighted by molar-refractivity contribution is 9.10. The van der Waals surface area contributed by atoms with Crippen LogP contribution in [-0.2, 0) is 11.3 Å². The number of carbonyl (C=O) groups excluding carboxylic acids is 1. The first-order valence-electron chi connectivity index (χ1n) is 6.94. The molecule has 2 rings (SSSR count). The Hall–Kier alpha value is -1.65. The second kappa shape index (κ2) is 7.96. The van der Waals surface area contributed by atoms with E-state index in [0.29, 0.717) is 13.1 Å². The molecule has 0 radical (unpaired) electrons. The van der Waals surface area contributed by atoms with Crippen molar-refractivity contribution in [1.82, 2.24) is 10.6 Å². The molecule has 0 heterocycles. The molecule has 0 bridgehead atoms. The van der Waals surface area contributed by atoms with Crippen molar-refractivity contribution in [3.63, 3.8) is 0 Å². The predicted octanol–water partition coefficient (Wildman–Crippen LogP) is 3.42. The maximum atomic E-state index is 11.8. The van der Waals surface area contributed by atoms with Crippen LogP contribution in [0.2, 0.25) is 0 Å². The Labute approximate surface area is 133 Å². The lowest BCUT2D eigenvalue weighted by Gasteiger charge is -2.14. The van der Waals surface area contributed by atoms with Crippen LogP contribution in [0, 0.1) is 0 Å². The van der Waals surface area contributed by atoms with Crippen LogP contribution >= 0.6 is 15.9 Å². The molecule has 1 amide bonds. The minimum absolute atomic E-state index is 0.00261. The van der Waals surface area contributed by atoms with Crippen LogP contribution in [0.15, 0.2) is 59.1 Å². The van der Waals surface area contributed by atoms with Crippen LogP contribution in [0.25, 0.3) is 0 Å². The fraction of sp³-hybridized carbons (Fsp3) is 0.235. The molecule has 0 aromatic heterocycles. The van der Waals surface area contributed by atoms with E-state index in [1.807, 2.05) is 61.5 Å². The first-order valence-corrected chi connectivity index (χ1v) is 7.74. The highest BCUT2D eigenvalue weighted by atomic mass is 79.9. The van der Waals surface area contributed by atoms with Crippen LogP contribution < -0.4 is 10.6 Å². The smallest absolute Gasteiger partial charge is 0.234 e. The van der Waals surface area contributed by atoms with Gasteiger partial charge < -0.3 is 10.6 Å². The van der Waals surface area contributed by atoms with Gasteiger partial charge in [0.2, 0.25) is 5.91 Å². The molecular formula is C17H19BrN2O. The van der Waals surface area contributed by atoms with E-state index in [0.717, 1.165) is 15.6 Å². The van der Waals surface area contributed by atoms with Gasteiger partial charge >= 0.3 is 0 Å². The Morgan fingerprint density at radius 3 is 2.43 bits per heavy atom. The SMILES string of the molecule is C[C@H](NCC(=O)NCc1ccccc1)c1ccc(Br)cc1. The lowest BCUT2D eigenvalue weighted by molar-refractivity contribution is -0.120. The van der Waals surface area contributed by atoms with Gasteiger partial charge in [-0.25, -0.2) is 0 Å². The van der Waals surface area contributed by atoms with Crippen molar-refractivity contribution in [2.24, 2.45) is 0 Å². The highest BCUT2D eigenvalue weighted by Crippen LogP contribution is 2.16. The standard InChI is InChI=1S/C17H19BrN2O/c1-13(15-7-9-16(18)10-8-15)19-12-17(21)20-11-14-5-3-2-4-6-14/h2-10,13,19H,11-12H2,1H3,(H,20,21)/t13-/m0/s1. The van der Waals surface area contributed by atoms with Gasteiger partial charge in [-0.3, -0.25) is 4.79 Å². The summed E-state index contributed by atoms with van der Waals surface area (Å²) >= 11 is 3.41. The summed E-state index contributed by atoms with van der Waals surface area (Å²) in [6, 6.07) is 18.1. The third-order valence-electron chi connectivity index (χ3n) is 3.27. The molecule has 0 fully saturated rings. The summed E-state index contributed by atoms with van der Waals surface area (Å²) in [6.07, 6.45) is 0. The van der Waals surface area contributed by atoms with Gasteiger partial charge in [0.15, 0.2) is 0 Å². The largest absolute Gasteiger partial charge is 0.351 e. The first-order chi connectivity index (χ1) is 10.1. The number of nitrogens with one attached hydrogen (secondary N) is 2. The van der Waals surface area contributed by atoms with Gasteiger partial charge in [0.1, 0.15) is 0 Å². The summed E-state index contributed by atoms with van der Waals surface area (Å²) < 4.78 is 1.05. The number of rotatable bonds is 6. The van der Waals surface area contributed by atoms with E-state index in [9.17, 15) is 4.79 Å². The third kappa shape index (κ3) is 5.33. The molecule has 0 saturated carbocycles. The molecule has 3 nitrogen and oxygen atoms in total. The van der Waals surface area contributed by atoms with Gasteiger partial charge in [-0.05, 0) is 30.2 Å². The average Bonchev–Trinajstić information content (AvgIpc) is 2.52. The molecule has 0 aliphatic carbocycles. The molecule has 2 aromatic rings. The molecule has 110 valence electrons. The summed E-state index contributed by atoms with van der Waals surface area (Å²) in [5, 5.41) is 6.13. The number of carbonyl (C=O) groups is 1. The van der Waals surface area contributed by atoms with Crippen molar-refractivity contribution < 1.29 is 4.79 Å². The van der Waals surface area contributed by atoms with Crippen LogP contribution in [0.3, 0.4) is 0 Å². The fourth-order valence-corrected chi connectivity index (χ4v) is 2.24. The summed E-state index contributed by atoms with van der Waals surface area (Å²) in [4.78, 5) is 11.8. The number of benzene rings is 2.